The zero-order chi connectivity index (χ0) is 39.4. The first-order valence-electron chi connectivity index (χ1n) is 19.4. The largest absolute Gasteiger partial charge is 0.449 e. The van der Waals surface area contributed by atoms with E-state index in [1.54, 1.807) is 0 Å². The van der Waals surface area contributed by atoms with Crippen molar-refractivity contribution in [3.8, 4) is 11.1 Å². The molecule has 0 aliphatic heterocycles. The number of fused-ring (bicyclic) bond motifs is 3. The van der Waals surface area contributed by atoms with Crippen LogP contribution in [0.2, 0.25) is 0 Å². The summed E-state index contributed by atoms with van der Waals surface area (Å²) in [5.74, 6) is -0.230. The Morgan fingerprint density at radius 2 is 1.07 bits per heavy atom. The molecule has 5 aromatic carbocycles. The number of nitrogens with one attached hydrogen (secondary N) is 4. The number of hydrogen-bond acceptors (Lipinski definition) is 6. The molecule has 0 unspecified atom stereocenters. The second-order valence-corrected chi connectivity index (χ2v) is 15.0. The van der Waals surface area contributed by atoms with Crippen LogP contribution in [0.4, 0.5) is 9.59 Å². The molecule has 56 heavy (non-hydrogen) atoms. The number of carbonyl (C=O) groups excluding carboxylic acids is 3. The minimum Gasteiger partial charge on any atom is -0.449 e. The molecule has 0 fully saturated rings. The van der Waals surface area contributed by atoms with Crippen LogP contribution in [0.25, 0.3) is 11.1 Å². The Labute approximate surface area is 330 Å². The van der Waals surface area contributed by atoms with Gasteiger partial charge in [-0.15, -0.1) is 0 Å². The summed E-state index contributed by atoms with van der Waals surface area (Å²) in [5, 5.41) is 12.6. The van der Waals surface area contributed by atoms with Gasteiger partial charge in [0.25, 0.3) is 0 Å². The van der Waals surface area contributed by atoms with Crippen molar-refractivity contribution in [1.82, 2.24) is 21.3 Å². The predicted octanol–water partition coefficient (Wildman–Crippen LogP) is 8.29. The SMILES string of the molecule is CC(C)(C)OC(=O)NCCCC[C@H](NCCNC(=O)OCC1c2ccccc2-c2ccccc21)C(=O)NC(c1ccccc1)(c1ccccc1)c1ccccc1. The molecule has 1 aliphatic carbocycles. The van der Waals surface area contributed by atoms with Gasteiger partial charge < -0.3 is 30.7 Å². The maximum absolute atomic E-state index is 14.6. The number of benzene rings is 5. The normalized spacial score (nSPS) is 12.8. The molecule has 4 N–H and O–H groups in total. The molecule has 0 saturated heterocycles. The van der Waals surface area contributed by atoms with Gasteiger partial charge in [-0.3, -0.25) is 4.79 Å². The third-order valence-electron chi connectivity index (χ3n) is 9.96. The van der Waals surface area contributed by atoms with E-state index in [2.05, 4.69) is 45.5 Å². The van der Waals surface area contributed by atoms with Crippen LogP contribution >= 0.6 is 0 Å². The average molecular weight is 753 g/mol. The molecule has 9 heteroatoms. The second kappa shape index (κ2) is 18.6. The first kappa shape index (κ1) is 39.8. The molecule has 290 valence electrons. The highest BCUT2D eigenvalue weighted by atomic mass is 16.6. The van der Waals surface area contributed by atoms with Crippen molar-refractivity contribution < 1.29 is 23.9 Å². The van der Waals surface area contributed by atoms with E-state index in [-0.39, 0.29) is 25.0 Å². The fourth-order valence-electron chi connectivity index (χ4n) is 7.42. The number of amides is 3. The highest BCUT2D eigenvalue weighted by Crippen LogP contribution is 2.44. The third kappa shape index (κ3) is 9.83. The average Bonchev–Trinajstić information content (AvgIpc) is 3.53. The van der Waals surface area contributed by atoms with E-state index in [1.807, 2.05) is 136 Å². The van der Waals surface area contributed by atoms with E-state index < -0.39 is 29.4 Å². The molecule has 1 aliphatic rings. The van der Waals surface area contributed by atoms with Crippen LogP contribution < -0.4 is 21.3 Å². The highest BCUT2D eigenvalue weighted by Gasteiger charge is 2.39. The summed E-state index contributed by atoms with van der Waals surface area (Å²) in [4.78, 5) is 39.8. The lowest BCUT2D eigenvalue weighted by atomic mass is 9.76. The van der Waals surface area contributed by atoms with Crippen LogP contribution in [0.5, 0.6) is 0 Å². The Hall–Kier alpha value is -5.93. The minimum absolute atomic E-state index is 0.0386. The minimum atomic E-state index is -0.988. The van der Waals surface area contributed by atoms with Gasteiger partial charge in [-0.1, -0.05) is 140 Å². The van der Waals surface area contributed by atoms with Gasteiger partial charge >= 0.3 is 12.2 Å². The van der Waals surface area contributed by atoms with Gasteiger partial charge in [0.1, 0.15) is 17.7 Å². The predicted molar refractivity (Wildman–Crippen MR) is 220 cm³/mol. The summed E-state index contributed by atoms with van der Waals surface area (Å²) in [5.41, 5.74) is 5.82. The maximum Gasteiger partial charge on any atom is 0.407 e. The fourth-order valence-corrected chi connectivity index (χ4v) is 7.42. The molecule has 3 amide bonds. The van der Waals surface area contributed by atoms with E-state index in [1.165, 1.54) is 11.1 Å². The Kier molecular flexibility index (Phi) is 13.2. The van der Waals surface area contributed by atoms with Gasteiger partial charge in [-0.05, 0) is 79.0 Å². The molecule has 0 aromatic heterocycles. The summed E-state index contributed by atoms with van der Waals surface area (Å²) in [6, 6.07) is 45.8. The van der Waals surface area contributed by atoms with Crippen LogP contribution in [0, 0.1) is 0 Å². The molecule has 1 atom stereocenters. The van der Waals surface area contributed by atoms with E-state index in [4.69, 9.17) is 9.47 Å². The van der Waals surface area contributed by atoms with Crippen LogP contribution in [0.1, 0.15) is 73.8 Å². The number of hydrogen-bond donors (Lipinski definition) is 4. The van der Waals surface area contributed by atoms with Crippen molar-refractivity contribution in [2.75, 3.05) is 26.2 Å². The topological polar surface area (TPSA) is 118 Å². The lowest BCUT2D eigenvalue weighted by molar-refractivity contribution is -0.124. The standard InChI is InChI=1S/C47H52N4O5/c1-46(2,3)56-45(54)49-30-18-17-29-42(48-31-32-50-44(53)55-33-41-39-27-15-13-25-37(39)38-26-14-16-28-40(38)41)43(52)51-47(34-19-7-4-8-20-34,35-21-9-5-10-22-35)36-23-11-6-12-24-36/h4-16,19-28,41-42,48H,17-18,29-33H2,1-3H3,(H,49,54)(H,50,53)(H,51,52)/t42-/m0/s1. The molecular weight excluding hydrogens is 701 g/mol. The first-order chi connectivity index (χ1) is 27.2. The molecular formula is C47H52N4O5. The van der Waals surface area contributed by atoms with Gasteiger partial charge in [-0.2, -0.15) is 0 Å². The Bertz CT molecular complexity index is 1910. The second-order valence-electron chi connectivity index (χ2n) is 15.0. The van der Waals surface area contributed by atoms with Gasteiger partial charge in [0.2, 0.25) is 5.91 Å². The number of unbranched alkanes of at least 4 members (excludes halogenated alkanes) is 1. The summed E-state index contributed by atoms with van der Waals surface area (Å²) < 4.78 is 11.1. The quantitative estimate of drug-likeness (QED) is 0.0596. The highest BCUT2D eigenvalue weighted by molar-refractivity contribution is 5.84. The van der Waals surface area contributed by atoms with Gasteiger partial charge in [0, 0.05) is 25.6 Å². The monoisotopic (exact) mass is 752 g/mol. The Morgan fingerprint density at radius 3 is 1.59 bits per heavy atom. The van der Waals surface area contributed by atoms with Crippen molar-refractivity contribution >= 4 is 18.1 Å². The summed E-state index contributed by atoms with van der Waals surface area (Å²) in [6.07, 6.45) is 0.794. The van der Waals surface area contributed by atoms with Crippen LogP contribution in [0.3, 0.4) is 0 Å². The molecule has 9 nitrogen and oxygen atoms in total. The van der Waals surface area contributed by atoms with E-state index in [0.29, 0.717) is 32.4 Å². The van der Waals surface area contributed by atoms with E-state index in [9.17, 15) is 14.4 Å². The maximum atomic E-state index is 14.6. The Morgan fingerprint density at radius 1 is 0.589 bits per heavy atom. The molecule has 0 saturated carbocycles. The van der Waals surface area contributed by atoms with Crippen molar-refractivity contribution in [1.29, 1.82) is 0 Å². The zero-order valence-electron chi connectivity index (χ0n) is 32.4. The van der Waals surface area contributed by atoms with Crippen LogP contribution in [-0.4, -0.2) is 56.0 Å². The molecule has 0 spiro atoms. The third-order valence-corrected chi connectivity index (χ3v) is 9.96. The van der Waals surface area contributed by atoms with Gasteiger partial charge in [0.05, 0.1) is 6.04 Å². The number of carbonyl (C=O) groups is 3. The summed E-state index contributed by atoms with van der Waals surface area (Å²) in [7, 11) is 0. The van der Waals surface area contributed by atoms with Crippen molar-refractivity contribution in [3.05, 3.63) is 167 Å². The van der Waals surface area contributed by atoms with Crippen LogP contribution in [-0.2, 0) is 19.8 Å². The lowest BCUT2D eigenvalue weighted by Gasteiger charge is -2.38. The van der Waals surface area contributed by atoms with Crippen molar-refractivity contribution in [2.45, 2.75) is 63.1 Å². The van der Waals surface area contributed by atoms with Gasteiger partial charge in [0.15, 0.2) is 0 Å². The fraction of sp³-hybridized carbons (Fsp3) is 0.298. The number of alkyl carbamates (subject to hydrolysis) is 2. The Balaban J connectivity index is 1.13. The molecule has 0 heterocycles. The number of ether oxygens (including phenoxy) is 2. The van der Waals surface area contributed by atoms with Gasteiger partial charge in [-0.25, -0.2) is 9.59 Å². The van der Waals surface area contributed by atoms with E-state index >= 15 is 0 Å². The lowest BCUT2D eigenvalue weighted by Crippen LogP contribution is -2.55. The molecule has 5 aromatic rings. The van der Waals surface area contributed by atoms with Crippen molar-refractivity contribution in [3.63, 3.8) is 0 Å². The zero-order valence-corrected chi connectivity index (χ0v) is 32.4. The smallest absolute Gasteiger partial charge is 0.407 e. The van der Waals surface area contributed by atoms with Crippen LogP contribution in [0.15, 0.2) is 140 Å². The first-order valence-corrected chi connectivity index (χ1v) is 19.4. The molecule has 6 rings (SSSR count). The number of rotatable bonds is 16. The molecule has 0 radical (unpaired) electrons. The summed E-state index contributed by atoms with van der Waals surface area (Å²) >= 11 is 0. The summed E-state index contributed by atoms with van der Waals surface area (Å²) in [6.45, 7) is 6.68. The van der Waals surface area contributed by atoms with Crippen molar-refractivity contribution in [2.24, 2.45) is 0 Å². The van der Waals surface area contributed by atoms with E-state index in [0.717, 1.165) is 27.8 Å². The molecule has 0 bridgehead atoms.